The van der Waals surface area contributed by atoms with Crippen molar-refractivity contribution in [3.63, 3.8) is 0 Å². The van der Waals surface area contributed by atoms with E-state index < -0.39 is 0 Å². The van der Waals surface area contributed by atoms with E-state index in [9.17, 15) is 9.59 Å². The number of nitrogens with one attached hydrogen (secondary N) is 3. The lowest BCUT2D eigenvalue weighted by Crippen LogP contribution is -2.47. The molecule has 0 unspecified atom stereocenters. The summed E-state index contributed by atoms with van der Waals surface area (Å²) < 4.78 is 5.74. The number of carbonyl (C=O) groups excluding carboxylic acids is 2. The largest absolute Gasteiger partial charge is 0.489 e. The third-order valence-electron chi connectivity index (χ3n) is 5.09. The first-order chi connectivity index (χ1) is 16.1. The number of piperazine rings is 1. The molecule has 0 spiro atoms. The number of hydrogen-bond acceptors (Lipinski definition) is 5. The van der Waals surface area contributed by atoms with Gasteiger partial charge in [-0.2, -0.15) is 0 Å². The van der Waals surface area contributed by atoms with Crippen molar-refractivity contribution in [1.82, 2.24) is 15.6 Å². The molecule has 3 aromatic rings. The molecule has 0 saturated carbocycles. The van der Waals surface area contributed by atoms with Gasteiger partial charge in [-0.15, -0.1) is 0 Å². The van der Waals surface area contributed by atoms with E-state index in [2.05, 4.69) is 20.9 Å². The molecule has 9 heteroatoms. The van der Waals surface area contributed by atoms with Crippen LogP contribution in [0.2, 0.25) is 5.02 Å². The van der Waals surface area contributed by atoms with Crippen LogP contribution in [-0.2, 0) is 17.9 Å². The molecule has 0 bridgehead atoms. The van der Waals surface area contributed by atoms with E-state index in [-0.39, 0.29) is 18.5 Å². The molecule has 1 aliphatic heterocycles. The summed E-state index contributed by atoms with van der Waals surface area (Å²) in [5.41, 5.74) is 3.27. The highest BCUT2D eigenvalue weighted by atomic mass is 35.5. The van der Waals surface area contributed by atoms with Crippen molar-refractivity contribution >= 4 is 34.9 Å². The molecule has 170 valence electrons. The van der Waals surface area contributed by atoms with Crippen LogP contribution in [0, 0.1) is 0 Å². The molecule has 0 radical (unpaired) electrons. The predicted octanol–water partition coefficient (Wildman–Crippen LogP) is 3.57. The number of benzene rings is 2. The Labute approximate surface area is 196 Å². The van der Waals surface area contributed by atoms with E-state index in [1.807, 2.05) is 41.3 Å². The normalized spacial score (nSPS) is 13.2. The first-order valence-corrected chi connectivity index (χ1v) is 10.9. The maximum atomic E-state index is 12.3. The van der Waals surface area contributed by atoms with Crippen LogP contribution in [0.3, 0.4) is 0 Å². The summed E-state index contributed by atoms with van der Waals surface area (Å²) in [5, 5.41) is 8.86. The highest BCUT2D eigenvalue weighted by Crippen LogP contribution is 2.29. The molecular weight excluding hydrogens is 442 g/mol. The zero-order chi connectivity index (χ0) is 23.0. The zero-order valence-electron chi connectivity index (χ0n) is 17.9. The minimum atomic E-state index is -0.340. The van der Waals surface area contributed by atoms with Crippen LogP contribution < -0.4 is 25.6 Å². The molecular formula is C24H24ClN5O3. The summed E-state index contributed by atoms with van der Waals surface area (Å²) in [4.78, 5) is 29.9. The predicted molar refractivity (Wildman–Crippen MR) is 128 cm³/mol. The summed E-state index contributed by atoms with van der Waals surface area (Å²) in [7, 11) is 0. The van der Waals surface area contributed by atoms with Gasteiger partial charge in [-0.3, -0.25) is 9.78 Å². The summed E-state index contributed by atoms with van der Waals surface area (Å²) in [6, 6.07) is 16.3. The van der Waals surface area contributed by atoms with Gasteiger partial charge in [0.15, 0.2) is 0 Å². The third kappa shape index (κ3) is 6.36. The van der Waals surface area contributed by atoms with Crippen molar-refractivity contribution < 1.29 is 14.3 Å². The van der Waals surface area contributed by atoms with Gasteiger partial charge in [-0.1, -0.05) is 29.8 Å². The van der Waals surface area contributed by atoms with Gasteiger partial charge in [-0.05, 0) is 42.0 Å². The lowest BCUT2D eigenvalue weighted by atomic mass is 10.2. The van der Waals surface area contributed by atoms with Crippen LogP contribution in [-0.4, -0.2) is 36.6 Å². The molecule has 2 heterocycles. The number of aromatic nitrogens is 1. The fraction of sp³-hybridized carbons (Fsp3) is 0.208. The number of rotatable bonds is 7. The van der Waals surface area contributed by atoms with Gasteiger partial charge in [0.2, 0.25) is 5.91 Å². The fourth-order valence-electron chi connectivity index (χ4n) is 3.40. The topological polar surface area (TPSA) is 95.6 Å². The number of halogens is 1. The highest BCUT2D eigenvalue weighted by Gasteiger charge is 2.18. The molecule has 33 heavy (non-hydrogen) atoms. The third-order valence-corrected chi connectivity index (χ3v) is 5.39. The zero-order valence-corrected chi connectivity index (χ0v) is 18.6. The Morgan fingerprint density at radius 3 is 2.73 bits per heavy atom. The highest BCUT2D eigenvalue weighted by molar-refractivity contribution is 6.33. The Morgan fingerprint density at radius 2 is 2.00 bits per heavy atom. The van der Waals surface area contributed by atoms with E-state index in [4.69, 9.17) is 16.3 Å². The number of nitrogens with zero attached hydrogens (tertiary/aromatic N) is 2. The van der Waals surface area contributed by atoms with Crippen LogP contribution >= 0.6 is 11.6 Å². The maximum Gasteiger partial charge on any atom is 0.319 e. The van der Waals surface area contributed by atoms with Crippen LogP contribution in [0.15, 0.2) is 67.0 Å². The first kappa shape index (κ1) is 22.4. The summed E-state index contributed by atoms with van der Waals surface area (Å²) in [6.07, 6.45) is 3.49. The Hall–Kier alpha value is -3.78. The van der Waals surface area contributed by atoms with Crippen LogP contribution in [0.4, 0.5) is 16.2 Å². The smallest absolute Gasteiger partial charge is 0.319 e. The molecule has 4 rings (SSSR count). The van der Waals surface area contributed by atoms with Crippen molar-refractivity contribution in [1.29, 1.82) is 0 Å². The van der Waals surface area contributed by atoms with Gasteiger partial charge < -0.3 is 25.6 Å². The van der Waals surface area contributed by atoms with Crippen molar-refractivity contribution in [3.8, 4) is 5.75 Å². The number of hydrogen-bond donors (Lipinski definition) is 3. The number of ether oxygens (including phenoxy) is 1. The first-order valence-electron chi connectivity index (χ1n) is 10.5. The van der Waals surface area contributed by atoms with E-state index in [0.717, 1.165) is 22.6 Å². The van der Waals surface area contributed by atoms with E-state index >= 15 is 0 Å². The Balaban J connectivity index is 1.25. The second-order valence-corrected chi connectivity index (χ2v) is 7.95. The van der Waals surface area contributed by atoms with Crippen LogP contribution in [0.25, 0.3) is 0 Å². The van der Waals surface area contributed by atoms with Gasteiger partial charge in [0.05, 0.1) is 17.3 Å². The molecule has 3 amide bonds. The number of urea groups is 1. The Kier molecular flexibility index (Phi) is 7.26. The second-order valence-electron chi connectivity index (χ2n) is 7.54. The second kappa shape index (κ2) is 10.7. The van der Waals surface area contributed by atoms with E-state index in [1.54, 1.807) is 30.6 Å². The SMILES string of the molecule is O=C1CN(c2ccc(NC(=O)NCc3ccc(OCc4cccnc4)cc3)cc2Cl)CCN1. The number of carbonyl (C=O) groups is 2. The van der Waals surface area contributed by atoms with Gasteiger partial charge >= 0.3 is 6.03 Å². The van der Waals surface area contributed by atoms with E-state index in [1.165, 1.54) is 0 Å². The van der Waals surface area contributed by atoms with Gasteiger partial charge in [0.25, 0.3) is 0 Å². The maximum absolute atomic E-state index is 12.3. The molecule has 0 atom stereocenters. The van der Waals surface area contributed by atoms with Gasteiger partial charge in [0.1, 0.15) is 12.4 Å². The molecule has 1 aromatic heterocycles. The molecule has 0 aliphatic carbocycles. The van der Waals surface area contributed by atoms with Crippen molar-refractivity contribution in [2.45, 2.75) is 13.2 Å². The van der Waals surface area contributed by atoms with Gasteiger partial charge in [-0.25, -0.2) is 4.79 Å². The lowest BCUT2D eigenvalue weighted by Gasteiger charge is -2.29. The molecule has 8 nitrogen and oxygen atoms in total. The van der Waals surface area contributed by atoms with Crippen molar-refractivity contribution in [2.24, 2.45) is 0 Å². The monoisotopic (exact) mass is 465 g/mol. The van der Waals surface area contributed by atoms with Gasteiger partial charge in [0, 0.05) is 43.3 Å². The summed E-state index contributed by atoms with van der Waals surface area (Å²) in [5.74, 6) is 0.708. The minimum absolute atomic E-state index is 0.0352. The standard InChI is InChI=1S/C24H24ClN5O3/c25-21-12-19(5-8-22(21)30-11-10-27-23(31)15-30)29-24(32)28-14-17-3-6-20(7-4-17)33-16-18-2-1-9-26-13-18/h1-9,12-13H,10-11,14-16H2,(H,27,31)(H2,28,29,32). The summed E-state index contributed by atoms with van der Waals surface area (Å²) in [6.45, 7) is 2.34. The number of pyridine rings is 1. The van der Waals surface area contributed by atoms with Crippen LogP contribution in [0.5, 0.6) is 5.75 Å². The van der Waals surface area contributed by atoms with Crippen molar-refractivity contribution in [2.75, 3.05) is 29.9 Å². The molecule has 1 saturated heterocycles. The number of amides is 3. The quantitative estimate of drug-likeness (QED) is 0.495. The average Bonchev–Trinajstić information content (AvgIpc) is 2.83. The van der Waals surface area contributed by atoms with E-state index in [0.29, 0.717) is 37.0 Å². The fourth-order valence-corrected chi connectivity index (χ4v) is 3.70. The summed E-state index contributed by atoms with van der Waals surface area (Å²) >= 11 is 6.39. The molecule has 2 aromatic carbocycles. The van der Waals surface area contributed by atoms with Crippen LogP contribution in [0.1, 0.15) is 11.1 Å². The molecule has 3 N–H and O–H groups in total. The lowest BCUT2D eigenvalue weighted by molar-refractivity contribution is -0.120. The average molecular weight is 466 g/mol. The van der Waals surface area contributed by atoms with Crippen molar-refractivity contribution in [3.05, 3.63) is 83.1 Å². The molecule has 1 fully saturated rings. The Bertz CT molecular complexity index is 1110. The molecule has 1 aliphatic rings. The minimum Gasteiger partial charge on any atom is -0.489 e. The number of anilines is 2. The Morgan fingerprint density at radius 1 is 1.15 bits per heavy atom.